The van der Waals surface area contributed by atoms with Crippen molar-refractivity contribution in [2.45, 2.75) is 129 Å². The molecule has 0 fully saturated rings. The van der Waals surface area contributed by atoms with Crippen molar-refractivity contribution in [3.8, 4) is 5.75 Å². The van der Waals surface area contributed by atoms with Gasteiger partial charge in [0.15, 0.2) is 0 Å². The maximum atomic E-state index is 12.3. The maximum Gasteiger partial charge on any atom is 0.472 e. The summed E-state index contributed by atoms with van der Waals surface area (Å²) >= 11 is 0. The van der Waals surface area contributed by atoms with Crippen LogP contribution < -0.4 is 4.74 Å². The number of hydrogen-bond donors (Lipinski definition) is 1. The Balaban J connectivity index is 2.25. The second-order valence-corrected chi connectivity index (χ2v) is 13.6. The van der Waals surface area contributed by atoms with Gasteiger partial charge < -0.3 is 19.3 Å². The summed E-state index contributed by atoms with van der Waals surface area (Å²) in [6.45, 7) is 5.03. The zero-order valence-electron chi connectivity index (χ0n) is 27.3. The Morgan fingerprint density at radius 1 is 0.810 bits per heavy atom. The molecular formula is C34H62NO6P. The number of para-hydroxylation sites is 1. The van der Waals surface area contributed by atoms with E-state index in [2.05, 4.69) is 6.92 Å². The molecule has 244 valence electrons. The average Bonchev–Trinajstić information content (AvgIpc) is 2.93. The molecule has 2 unspecified atom stereocenters. The molecule has 0 spiro atoms. The Kier molecular flexibility index (Phi) is 23.2. The smallest absolute Gasteiger partial charge is 0.472 e. The summed E-state index contributed by atoms with van der Waals surface area (Å²) in [7, 11) is -0.467. The summed E-state index contributed by atoms with van der Waals surface area (Å²) in [4.78, 5) is 23.8. The summed E-state index contributed by atoms with van der Waals surface area (Å²) < 4.78 is 28.7. The fourth-order valence-corrected chi connectivity index (χ4v) is 5.91. The molecule has 0 aliphatic heterocycles. The van der Waals surface area contributed by atoms with Crippen LogP contribution in [0, 0.1) is 5.92 Å². The van der Waals surface area contributed by atoms with Gasteiger partial charge in [-0.3, -0.25) is 9.05 Å². The molecule has 1 rings (SSSR count). The van der Waals surface area contributed by atoms with Gasteiger partial charge in [0.2, 0.25) is 0 Å². The average molecular weight is 612 g/mol. The van der Waals surface area contributed by atoms with Gasteiger partial charge in [0, 0.05) is 13.0 Å². The van der Waals surface area contributed by atoms with Crippen LogP contribution in [0.2, 0.25) is 0 Å². The topological polar surface area (TPSA) is 85.3 Å². The number of phosphoric acid groups is 1. The quantitative estimate of drug-likeness (QED) is 0.0714. The Bertz CT molecular complexity index is 849. The predicted octanol–water partition coefficient (Wildman–Crippen LogP) is 9.16. The molecule has 0 saturated carbocycles. The van der Waals surface area contributed by atoms with E-state index in [-0.39, 0.29) is 31.3 Å². The Morgan fingerprint density at radius 3 is 1.86 bits per heavy atom. The zero-order valence-corrected chi connectivity index (χ0v) is 28.2. The van der Waals surface area contributed by atoms with Crippen LogP contribution in [-0.4, -0.2) is 56.0 Å². The number of ketones is 1. The molecule has 0 heterocycles. The predicted molar refractivity (Wildman–Crippen MR) is 174 cm³/mol. The molecule has 42 heavy (non-hydrogen) atoms. The monoisotopic (exact) mass is 611 g/mol. The number of carbonyl (C=O) groups excluding carboxylic acids is 1. The summed E-state index contributed by atoms with van der Waals surface area (Å²) in [5.74, 6) is 0.568. The molecule has 0 radical (unpaired) electrons. The third kappa shape index (κ3) is 22.3. The van der Waals surface area contributed by atoms with Gasteiger partial charge in [-0.15, -0.1) is 0 Å². The summed E-state index contributed by atoms with van der Waals surface area (Å²) in [6, 6.07) is 7.84. The van der Waals surface area contributed by atoms with Gasteiger partial charge >= 0.3 is 7.82 Å². The van der Waals surface area contributed by atoms with Crippen LogP contribution in [-0.2, 0) is 24.8 Å². The van der Waals surface area contributed by atoms with Gasteiger partial charge in [-0.05, 0) is 51.4 Å². The third-order valence-corrected chi connectivity index (χ3v) is 8.56. The lowest BCUT2D eigenvalue weighted by Gasteiger charge is -2.20. The minimum Gasteiger partial charge on any atom is -0.493 e. The first-order valence-corrected chi connectivity index (χ1v) is 18.2. The van der Waals surface area contributed by atoms with E-state index in [9.17, 15) is 14.3 Å². The molecule has 0 aliphatic rings. The highest BCUT2D eigenvalue weighted by atomic mass is 31.2. The lowest BCUT2D eigenvalue weighted by molar-refractivity contribution is -0.118. The fraction of sp³-hybridized carbons (Fsp3) is 0.794. The third-order valence-electron chi connectivity index (χ3n) is 7.58. The number of unbranched alkanes of at least 4 members (excludes halogenated alkanes) is 15. The van der Waals surface area contributed by atoms with E-state index in [1.165, 1.54) is 103 Å². The van der Waals surface area contributed by atoms with Gasteiger partial charge in [-0.1, -0.05) is 121 Å². The lowest BCUT2D eigenvalue weighted by atomic mass is 9.95. The molecule has 0 bridgehead atoms. The first-order chi connectivity index (χ1) is 20.2. The standard InChI is InChI=1S/C34H62NO6P/c1-5-6-7-8-9-10-11-12-13-14-15-16-17-18-19-22-26-39-34-24-21-20-23-33(34)29-32(28-31(2)36)30-41-42(37,38)40-27-25-35(3)4/h20-21,23-24,32H,5-19,22,25-30H2,1-4H3,(H,37,38). The highest BCUT2D eigenvalue weighted by Gasteiger charge is 2.24. The van der Waals surface area contributed by atoms with Crippen LogP contribution in [0.3, 0.4) is 0 Å². The largest absolute Gasteiger partial charge is 0.493 e. The van der Waals surface area contributed by atoms with Crippen molar-refractivity contribution >= 4 is 13.6 Å². The molecule has 1 N–H and O–H groups in total. The molecule has 0 aliphatic carbocycles. The number of ether oxygens (including phenoxy) is 1. The van der Waals surface area contributed by atoms with Crippen molar-refractivity contribution in [1.29, 1.82) is 0 Å². The second kappa shape index (κ2) is 25.1. The molecule has 0 aromatic heterocycles. The van der Waals surface area contributed by atoms with E-state index in [0.29, 0.717) is 19.6 Å². The number of carbonyl (C=O) groups is 1. The van der Waals surface area contributed by atoms with Gasteiger partial charge in [-0.25, -0.2) is 4.57 Å². The zero-order chi connectivity index (χ0) is 30.9. The number of phosphoric ester groups is 1. The number of hydrogen-bond acceptors (Lipinski definition) is 6. The van der Waals surface area contributed by atoms with Crippen molar-refractivity contribution < 1.29 is 28.0 Å². The van der Waals surface area contributed by atoms with E-state index in [1.807, 2.05) is 43.3 Å². The van der Waals surface area contributed by atoms with E-state index in [1.54, 1.807) is 0 Å². The van der Waals surface area contributed by atoms with Gasteiger partial charge in [0.1, 0.15) is 11.5 Å². The molecule has 2 atom stereocenters. The van der Waals surface area contributed by atoms with Crippen molar-refractivity contribution in [3.63, 3.8) is 0 Å². The maximum absolute atomic E-state index is 12.3. The molecular weight excluding hydrogens is 549 g/mol. The molecule has 8 heteroatoms. The van der Waals surface area contributed by atoms with Gasteiger partial charge in [0.05, 0.1) is 19.8 Å². The van der Waals surface area contributed by atoms with E-state index in [0.717, 1.165) is 17.7 Å². The highest BCUT2D eigenvalue weighted by Crippen LogP contribution is 2.44. The van der Waals surface area contributed by atoms with Crippen LogP contribution >= 0.6 is 7.82 Å². The van der Waals surface area contributed by atoms with Crippen LogP contribution in [0.4, 0.5) is 0 Å². The Hall–Kier alpha value is -1.24. The van der Waals surface area contributed by atoms with Crippen molar-refractivity contribution in [2.75, 3.05) is 40.5 Å². The lowest BCUT2D eigenvalue weighted by Crippen LogP contribution is -2.19. The van der Waals surface area contributed by atoms with E-state index in [4.69, 9.17) is 13.8 Å². The second-order valence-electron chi connectivity index (χ2n) is 12.1. The molecule has 0 amide bonds. The normalized spacial score (nSPS) is 13.8. The number of benzene rings is 1. The van der Waals surface area contributed by atoms with Crippen LogP contribution in [0.5, 0.6) is 5.75 Å². The number of likely N-dealkylation sites (N-methyl/N-ethyl adjacent to an activating group) is 1. The minimum atomic E-state index is -4.18. The van der Waals surface area contributed by atoms with Crippen molar-refractivity contribution in [1.82, 2.24) is 4.90 Å². The number of rotatable bonds is 29. The molecule has 0 saturated heterocycles. The van der Waals surface area contributed by atoms with E-state index < -0.39 is 7.82 Å². The van der Waals surface area contributed by atoms with Gasteiger partial charge in [-0.2, -0.15) is 0 Å². The highest BCUT2D eigenvalue weighted by molar-refractivity contribution is 7.47. The van der Waals surface area contributed by atoms with Crippen molar-refractivity contribution in [3.05, 3.63) is 29.8 Å². The molecule has 1 aromatic rings. The van der Waals surface area contributed by atoms with Crippen LogP contribution in [0.15, 0.2) is 24.3 Å². The summed E-state index contributed by atoms with van der Waals surface area (Å²) in [6.07, 6.45) is 22.2. The Morgan fingerprint density at radius 2 is 1.33 bits per heavy atom. The van der Waals surface area contributed by atoms with Crippen molar-refractivity contribution in [2.24, 2.45) is 5.92 Å². The first-order valence-electron chi connectivity index (χ1n) is 16.7. The first kappa shape index (κ1) is 38.8. The molecule has 7 nitrogen and oxygen atoms in total. The van der Waals surface area contributed by atoms with Crippen LogP contribution in [0.1, 0.15) is 129 Å². The minimum absolute atomic E-state index is 0.0106. The van der Waals surface area contributed by atoms with Crippen LogP contribution in [0.25, 0.3) is 0 Å². The Labute approximate surface area is 257 Å². The number of Topliss-reactive ketones (excluding diaryl/α,β-unsaturated/α-hetero) is 1. The SMILES string of the molecule is CCCCCCCCCCCCCCCCCCOc1ccccc1CC(COP(=O)(O)OCCN(C)C)CC(C)=O. The van der Waals surface area contributed by atoms with E-state index >= 15 is 0 Å². The molecule has 1 aromatic carbocycles. The van der Waals surface area contributed by atoms with Gasteiger partial charge in [0.25, 0.3) is 0 Å². The number of nitrogens with zero attached hydrogens (tertiary/aromatic N) is 1. The summed E-state index contributed by atoms with van der Waals surface area (Å²) in [5, 5.41) is 0. The summed E-state index contributed by atoms with van der Waals surface area (Å²) in [5.41, 5.74) is 0.977. The fourth-order valence-electron chi connectivity index (χ4n) is 5.13.